The van der Waals surface area contributed by atoms with Gasteiger partial charge in [0.1, 0.15) is 45.0 Å². The Morgan fingerprint density at radius 3 is 1.45 bits per heavy atom. The fourth-order valence-electron chi connectivity index (χ4n) is 6.54. The zero-order valence-electron chi connectivity index (χ0n) is 27.6. The third-order valence-corrected chi connectivity index (χ3v) is 9.57. The summed E-state index contributed by atoms with van der Waals surface area (Å²) in [5, 5.41) is 5.03. The molecular formula is C40H19B5F3N3OS. The molecule has 242 valence electrons. The molecular weight excluding hydrogens is 682 g/mol. The van der Waals surface area contributed by atoms with Crippen LogP contribution < -0.4 is 31.5 Å². The second-order valence-corrected chi connectivity index (χ2v) is 13.1. The van der Waals surface area contributed by atoms with Crippen molar-refractivity contribution in [2.24, 2.45) is 0 Å². The quantitative estimate of drug-likeness (QED) is 0.130. The lowest BCUT2D eigenvalue weighted by Gasteiger charge is -2.21. The fraction of sp³-hybridized carbons (Fsp3) is 0.0250. The lowest BCUT2D eigenvalue weighted by molar-refractivity contribution is -0.0369. The molecule has 0 spiro atoms. The van der Waals surface area contributed by atoms with Crippen LogP contribution in [0, 0.1) is 0 Å². The highest BCUT2D eigenvalue weighted by Gasteiger charge is 2.32. The number of halogens is 3. The summed E-state index contributed by atoms with van der Waals surface area (Å²) < 4.78 is 46.6. The average Bonchev–Trinajstić information content (AvgIpc) is 3.18. The Bertz CT molecular complexity index is 2700. The maximum Gasteiger partial charge on any atom is 0.479 e. The number of benzene rings is 7. The normalized spacial score (nSPS) is 11.8. The molecule has 0 aliphatic carbocycles. The first-order valence-corrected chi connectivity index (χ1v) is 17.0. The molecule has 0 saturated heterocycles. The van der Waals surface area contributed by atoms with Gasteiger partial charge in [-0.1, -0.05) is 114 Å². The standard InChI is InChI=1S/C40H19B5F3N3OS/c41-32-31(33(42)35(44)36(45)34(32)43)39-50-37(22-16-14-21(15-17-22)20-8-2-1-3-9-20)49-38(51-39)29-18-27-25-12-6-4-10-23(25)24-11-5-7-13-26(24)28(27)19-30(29)52-53-40(46,47)48/h1-19H. The third kappa shape index (κ3) is 6.37. The summed E-state index contributed by atoms with van der Waals surface area (Å²) in [6, 6.07) is 36.1. The first kappa shape index (κ1) is 34.7. The van der Waals surface area contributed by atoms with E-state index in [1.54, 1.807) is 12.1 Å². The molecule has 0 atom stereocenters. The minimum atomic E-state index is -4.71. The van der Waals surface area contributed by atoms with E-state index in [0.717, 1.165) is 38.1 Å². The van der Waals surface area contributed by atoms with Crippen LogP contribution in [0.15, 0.2) is 115 Å². The van der Waals surface area contributed by atoms with Crippen LogP contribution >= 0.6 is 12.0 Å². The second kappa shape index (κ2) is 13.5. The molecule has 0 unspecified atom stereocenters. The van der Waals surface area contributed by atoms with Crippen molar-refractivity contribution < 1.29 is 17.4 Å². The van der Waals surface area contributed by atoms with E-state index in [-0.39, 0.29) is 61.7 Å². The molecule has 4 nitrogen and oxygen atoms in total. The topological polar surface area (TPSA) is 47.9 Å². The van der Waals surface area contributed by atoms with Gasteiger partial charge >= 0.3 is 5.51 Å². The molecule has 0 bridgehead atoms. The van der Waals surface area contributed by atoms with Gasteiger partial charge in [-0.3, -0.25) is 0 Å². The summed E-state index contributed by atoms with van der Waals surface area (Å²) in [5.41, 5.74) is -1.98. The van der Waals surface area contributed by atoms with Gasteiger partial charge in [0.25, 0.3) is 0 Å². The van der Waals surface area contributed by atoms with E-state index in [1.807, 2.05) is 103 Å². The summed E-state index contributed by atoms with van der Waals surface area (Å²) in [4.78, 5) is 14.3. The first-order valence-electron chi connectivity index (χ1n) is 16.2. The molecule has 10 radical (unpaired) electrons. The number of fused-ring (bicyclic) bond motifs is 6. The molecule has 0 N–H and O–H groups in total. The zero-order chi connectivity index (χ0) is 37.0. The van der Waals surface area contributed by atoms with Crippen molar-refractivity contribution >= 4 is 111 Å². The van der Waals surface area contributed by atoms with Crippen molar-refractivity contribution in [3.05, 3.63) is 115 Å². The van der Waals surface area contributed by atoms with Crippen LogP contribution in [0.4, 0.5) is 13.2 Å². The van der Waals surface area contributed by atoms with E-state index in [4.69, 9.17) is 58.4 Å². The molecule has 53 heavy (non-hydrogen) atoms. The molecule has 1 aromatic heterocycles. The molecule has 1 heterocycles. The van der Waals surface area contributed by atoms with Crippen molar-refractivity contribution in [3.8, 4) is 51.0 Å². The van der Waals surface area contributed by atoms with E-state index in [1.165, 1.54) is 0 Å². The highest BCUT2D eigenvalue weighted by molar-refractivity contribution is 7.95. The molecule has 0 amide bonds. The third-order valence-electron chi connectivity index (χ3n) is 9.12. The van der Waals surface area contributed by atoms with E-state index >= 15 is 0 Å². The van der Waals surface area contributed by atoms with Crippen LogP contribution in [0.25, 0.3) is 77.6 Å². The predicted molar refractivity (Wildman–Crippen MR) is 215 cm³/mol. The average molecular weight is 701 g/mol. The summed E-state index contributed by atoms with van der Waals surface area (Å²) in [5.74, 6) is 0.0144. The molecule has 7 aromatic carbocycles. The minimum Gasteiger partial charge on any atom is -0.416 e. The van der Waals surface area contributed by atoms with Crippen LogP contribution in [0.2, 0.25) is 0 Å². The van der Waals surface area contributed by atoms with Crippen LogP contribution in [0.1, 0.15) is 0 Å². The maximum atomic E-state index is 13.7. The van der Waals surface area contributed by atoms with Gasteiger partial charge in [0.2, 0.25) is 0 Å². The Hall–Kier alpha value is -5.41. The number of hydrogen-bond acceptors (Lipinski definition) is 5. The Labute approximate surface area is 313 Å². The first-order chi connectivity index (χ1) is 25.5. The predicted octanol–water partition coefficient (Wildman–Crippen LogP) is 5.52. The molecule has 0 fully saturated rings. The number of hydrogen-bond donors (Lipinski definition) is 0. The summed E-state index contributed by atoms with van der Waals surface area (Å²) in [7, 11) is 31.5. The SMILES string of the molecule is [B]c1c([B])c([B])c(-c2nc(-c3ccc(-c4ccccc4)cc3)nc(-c3cc4c5ccccc5c5ccccc5c4cc3OSC(F)(F)F)n2)c([B])c1[B]. The Morgan fingerprint density at radius 1 is 0.453 bits per heavy atom. The van der Waals surface area contributed by atoms with Gasteiger partial charge in [0, 0.05) is 11.1 Å². The van der Waals surface area contributed by atoms with Gasteiger partial charge in [-0.25, -0.2) is 15.0 Å². The van der Waals surface area contributed by atoms with Gasteiger partial charge < -0.3 is 4.18 Å². The molecule has 0 saturated carbocycles. The van der Waals surface area contributed by atoms with Crippen molar-refractivity contribution in [1.82, 2.24) is 15.0 Å². The molecule has 8 aromatic rings. The van der Waals surface area contributed by atoms with Gasteiger partial charge in [-0.15, -0.1) is 16.4 Å². The number of nitrogens with zero attached hydrogens (tertiary/aromatic N) is 3. The molecule has 13 heteroatoms. The fourth-order valence-corrected chi connectivity index (χ4v) is 6.86. The van der Waals surface area contributed by atoms with E-state index in [9.17, 15) is 13.2 Å². The van der Waals surface area contributed by atoms with Crippen molar-refractivity contribution in [1.29, 1.82) is 0 Å². The Balaban J connectivity index is 1.43. The lowest BCUT2D eigenvalue weighted by atomic mass is 9.60. The van der Waals surface area contributed by atoms with Crippen molar-refractivity contribution in [2.75, 3.05) is 0 Å². The summed E-state index contributed by atoms with van der Waals surface area (Å²) >= 11 is -0.634. The molecule has 0 aliphatic heterocycles. The van der Waals surface area contributed by atoms with E-state index in [2.05, 4.69) is 0 Å². The minimum absolute atomic E-state index is 0.00301. The van der Waals surface area contributed by atoms with Crippen LogP contribution in [-0.2, 0) is 0 Å². The highest BCUT2D eigenvalue weighted by Crippen LogP contribution is 2.43. The van der Waals surface area contributed by atoms with Crippen LogP contribution in [0.3, 0.4) is 0 Å². The van der Waals surface area contributed by atoms with Crippen molar-refractivity contribution in [3.63, 3.8) is 0 Å². The number of rotatable bonds is 6. The smallest absolute Gasteiger partial charge is 0.416 e. The molecule has 0 aliphatic rings. The monoisotopic (exact) mass is 701 g/mol. The largest absolute Gasteiger partial charge is 0.479 e. The summed E-state index contributed by atoms with van der Waals surface area (Å²) in [6.45, 7) is 0. The maximum absolute atomic E-state index is 13.7. The Morgan fingerprint density at radius 2 is 0.887 bits per heavy atom. The van der Waals surface area contributed by atoms with Gasteiger partial charge in [-0.2, -0.15) is 13.2 Å². The Kier molecular flexibility index (Phi) is 8.85. The lowest BCUT2D eigenvalue weighted by Crippen LogP contribution is -2.55. The second-order valence-electron chi connectivity index (χ2n) is 12.3. The van der Waals surface area contributed by atoms with Crippen LogP contribution in [-0.4, -0.2) is 59.7 Å². The van der Waals surface area contributed by atoms with E-state index < -0.39 is 17.6 Å². The highest BCUT2D eigenvalue weighted by atomic mass is 32.2. The van der Waals surface area contributed by atoms with Gasteiger partial charge in [-0.05, 0) is 55.6 Å². The van der Waals surface area contributed by atoms with Gasteiger partial charge in [0.05, 0.1) is 5.56 Å². The number of alkyl halides is 3. The zero-order valence-corrected chi connectivity index (χ0v) is 28.5. The number of aromatic nitrogens is 3. The van der Waals surface area contributed by atoms with E-state index in [0.29, 0.717) is 10.9 Å². The van der Waals surface area contributed by atoms with Gasteiger partial charge in [0.15, 0.2) is 29.5 Å². The molecule has 8 rings (SSSR count). The summed E-state index contributed by atoms with van der Waals surface area (Å²) in [6.07, 6.45) is 0. The van der Waals surface area contributed by atoms with Crippen molar-refractivity contribution in [2.45, 2.75) is 5.51 Å². The van der Waals surface area contributed by atoms with Crippen LogP contribution in [0.5, 0.6) is 5.75 Å².